The number of rotatable bonds is 2. The Hall–Kier alpha value is -0.770. The second-order valence-corrected chi connectivity index (χ2v) is 3.97. The summed E-state index contributed by atoms with van der Waals surface area (Å²) in [5, 5.41) is 1.25. The lowest BCUT2D eigenvalue weighted by atomic mass is 10.6. The Morgan fingerprint density at radius 1 is 1.55 bits per heavy atom. The van der Waals surface area contributed by atoms with E-state index < -0.39 is 0 Å². The molecule has 0 aliphatic rings. The van der Waals surface area contributed by atoms with Gasteiger partial charge in [-0.2, -0.15) is 0 Å². The predicted octanol–water partition coefficient (Wildman–Crippen LogP) is 1.56. The van der Waals surface area contributed by atoms with Gasteiger partial charge in [0.2, 0.25) is 0 Å². The summed E-state index contributed by atoms with van der Waals surface area (Å²) in [4.78, 5) is 8.09. The van der Waals surface area contributed by atoms with Crippen LogP contribution >= 0.6 is 11.8 Å². The number of thioether (sulfide) groups is 1. The first-order chi connectivity index (χ1) is 5.18. The van der Waals surface area contributed by atoms with Crippen LogP contribution in [0.1, 0.15) is 13.8 Å². The zero-order chi connectivity index (χ0) is 8.27. The Morgan fingerprint density at radius 3 is 2.82 bits per heavy atom. The van der Waals surface area contributed by atoms with Crippen LogP contribution in [0.15, 0.2) is 17.4 Å². The highest BCUT2D eigenvalue weighted by Gasteiger charge is 2.00. The predicted molar refractivity (Wildman–Crippen MR) is 47.4 cm³/mol. The molecule has 60 valence electrons. The van der Waals surface area contributed by atoms with Crippen LogP contribution in [0.3, 0.4) is 0 Å². The monoisotopic (exact) mass is 169 g/mol. The average Bonchev–Trinajstić information content (AvgIpc) is 1.85. The molecule has 0 unspecified atom stereocenters. The van der Waals surface area contributed by atoms with E-state index in [1.807, 2.05) is 0 Å². The fourth-order valence-electron chi connectivity index (χ4n) is 0.622. The molecule has 0 saturated carbocycles. The molecule has 0 aromatic carbocycles. The van der Waals surface area contributed by atoms with Crippen LogP contribution < -0.4 is 5.73 Å². The minimum atomic E-state index is 0.497. The Bertz CT molecular complexity index is 237. The molecule has 0 saturated heterocycles. The third-order valence-corrected chi connectivity index (χ3v) is 1.88. The molecule has 2 N–H and O–H groups in total. The van der Waals surface area contributed by atoms with Gasteiger partial charge in [0.05, 0.1) is 0 Å². The van der Waals surface area contributed by atoms with Gasteiger partial charge in [-0.3, -0.25) is 0 Å². The first kappa shape index (κ1) is 8.33. The number of anilines is 1. The Balaban J connectivity index is 2.71. The minimum absolute atomic E-state index is 0.497. The van der Waals surface area contributed by atoms with E-state index in [0.29, 0.717) is 11.1 Å². The maximum atomic E-state index is 5.47. The highest BCUT2D eigenvalue weighted by molar-refractivity contribution is 7.99. The molecule has 1 heterocycles. The van der Waals surface area contributed by atoms with Gasteiger partial charge >= 0.3 is 0 Å². The molecule has 1 aromatic rings. The van der Waals surface area contributed by atoms with Crippen LogP contribution in [0.2, 0.25) is 0 Å². The van der Waals surface area contributed by atoms with Crippen molar-refractivity contribution < 1.29 is 0 Å². The van der Waals surface area contributed by atoms with Crippen LogP contribution in [0.5, 0.6) is 0 Å². The topological polar surface area (TPSA) is 51.8 Å². The molecule has 0 radical (unpaired) electrons. The smallest absolute Gasteiger partial charge is 0.189 e. The van der Waals surface area contributed by atoms with E-state index in [0.717, 1.165) is 5.16 Å². The van der Waals surface area contributed by atoms with Gasteiger partial charge in [-0.05, 0) is 6.07 Å². The van der Waals surface area contributed by atoms with Crippen molar-refractivity contribution in [2.75, 3.05) is 5.73 Å². The summed E-state index contributed by atoms with van der Waals surface area (Å²) in [7, 11) is 0. The van der Waals surface area contributed by atoms with Gasteiger partial charge in [0.25, 0.3) is 0 Å². The fourth-order valence-corrected chi connectivity index (χ4v) is 1.32. The van der Waals surface area contributed by atoms with Crippen molar-refractivity contribution >= 4 is 17.6 Å². The summed E-state index contributed by atoms with van der Waals surface area (Å²) in [5.41, 5.74) is 5.47. The average molecular weight is 169 g/mol. The molecule has 0 bridgehead atoms. The van der Waals surface area contributed by atoms with Gasteiger partial charge in [0.15, 0.2) is 5.16 Å². The van der Waals surface area contributed by atoms with Crippen molar-refractivity contribution in [2.45, 2.75) is 24.3 Å². The number of nitrogens with zero attached hydrogens (tertiary/aromatic N) is 2. The second-order valence-electron chi connectivity index (χ2n) is 2.43. The minimum Gasteiger partial charge on any atom is -0.384 e. The lowest BCUT2D eigenvalue weighted by molar-refractivity contribution is 0.962. The van der Waals surface area contributed by atoms with Crippen molar-refractivity contribution in [3.05, 3.63) is 12.3 Å². The number of hydrogen-bond acceptors (Lipinski definition) is 4. The maximum absolute atomic E-state index is 5.47. The van der Waals surface area contributed by atoms with Crippen molar-refractivity contribution in [1.29, 1.82) is 0 Å². The number of hydrogen-bond donors (Lipinski definition) is 1. The molecule has 0 fully saturated rings. The van der Waals surface area contributed by atoms with Gasteiger partial charge in [-0.15, -0.1) is 0 Å². The molecule has 0 spiro atoms. The van der Waals surface area contributed by atoms with Crippen molar-refractivity contribution in [3.63, 3.8) is 0 Å². The molecular weight excluding hydrogens is 158 g/mol. The van der Waals surface area contributed by atoms with Crippen molar-refractivity contribution in [3.8, 4) is 0 Å². The molecule has 0 aliphatic heterocycles. The maximum Gasteiger partial charge on any atom is 0.189 e. The van der Waals surface area contributed by atoms with Crippen LogP contribution in [-0.4, -0.2) is 15.2 Å². The summed E-state index contributed by atoms with van der Waals surface area (Å²) in [6.45, 7) is 4.19. The van der Waals surface area contributed by atoms with Gasteiger partial charge in [-0.1, -0.05) is 25.6 Å². The van der Waals surface area contributed by atoms with E-state index >= 15 is 0 Å². The van der Waals surface area contributed by atoms with Crippen molar-refractivity contribution in [1.82, 2.24) is 9.97 Å². The summed E-state index contributed by atoms with van der Waals surface area (Å²) in [6, 6.07) is 1.68. The standard InChI is InChI=1S/C7H11N3S/c1-5(2)11-7-9-4-3-6(8)10-7/h3-5H,1-2H3,(H2,8,9,10). The lowest BCUT2D eigenvalue weighted by Gasteiger charge is -2.01. The number of aromatic nitrogens is 2. The van der Waals surface area contributed by atoms with Crippen molar-refractivity contribution in [2.24, 2.45) is 0 Å². The largest absolute Gasteiger partial charge is 0.384 e. The highest BCUT2D eigenvalue weighted by Crippen LogP contribution is 2.18. The van der Waals surface area contributed by atoms with Gasteiger partial charge < -0.3 is 5.73 Å². The van der Waals surface area contributed by atoms with E-state index in [4.69, 9.17) is 5.73 Å². The molecule has 0 aliphatic carbocycles. The van der Waals surface area contributed by atoms with Crippen LogP contribution in [0, 0.1) is 0 Å². The van der Waals surface area contributed by atoms with E-state index in [1.165, 1.54) is 0 Å². The highest BCUT2D eigenvalue weighted by atomic mass is 32.2. The third kappa shape index (κ3) is 2.76. The first-order valence-corrected chi connectivity index (χ1v) is 4.31. The van der Waals surface area contributed by atoms with Gasteiger partial charge in [-0.25, -0.2) is 9.97 Å². The van der Waals surface area contributed by atoms with E-state index in [-0.39, 0.29) is 0 Å². The summed E-state index contributed by atoms with van der Waals surface area (Å²) >= 11 is 1.61. The van der Waals surface area contributed by atoms with Crippen LogP contribution in [-0.2, 0) is 0 Å². The Labute approximate surface area is 70.4 Å². The van der Waals surface area contributed by atoms with E-state index in [2.05, 4.69) is 23.8 Å². The third-order valence-electron chi connectivity index (χ3n) is 0.996. The summed E-state index contributed by atoms with van der Waals surface area (Å²) < 4.78 is 0. The van der Waals surface area contributed by atoms with Gasteiger partial charge in [0.1, 0.15) is 5.82 Å². The SMILES string of the molecule is CC(C)Sc1nccc(N)n1. The van der Waals surface area contributed by atoms with Crippen LogP contribution in [0.4, 0.5) is 5.82 Å². The lowest BCUT2D eigenvalue weighted by Crippen LogP contribution is -1.95. The van der Waals surface area contributed by atoms with Gasteiger partial charge in [0, 0.05) is 11.4 Å². The second kappa shape index (κ2) is 3.57. The summed E-state index contributed by atoms with van der Waals surface area (Å²) in [6.07, 6.45) is 1.67. The first-order valence-electron chi connectivity index (χ1n) is 3.43. The molecule has 1 aromatic heterocycles. The van der Waals surface area contributed by atoms with E-state index in [9.17, 15) is 0 Å². The molecule has 0 amide bonds. The van der Waals surface area contributed by atoms with Crippen LogP contribution in [0.25, 0.3) is 0 Å². The molecule has 11 heavy (non-hydrogen) atoms. The Morgan fingerprint density at radius 2 is 2.27 bits per heavy atom. The van der Waals surface area contributed by atoms with E-state index in [1.54, 1.807) is 24.0 Å². The molecule has 3 nitrogen and oxygen atoms in total. The molecule has 1 rings (SSSR count). The fraction of sp³-hybridized carbons (Fsp3) is 0.429. The number of nitrogens with two attached hydrogens (primary N) is 1. The normalized spacial score (nSPS) is 10.5. The molecule has 0 atom stereocenters. The molecule has 4 heteroatoms. The number of nitrogen functional groups attached to an aromatic ring is 1. The zero-order valence-corrected chi connectivity index (χ0v) is 7.43. The zero-order valence-electron chi connectivity index (χ0n) is 6.61. The quantitative estimate of drug-likeness (QED) is 0.539. The summed E-state index contributed by atoms with van der Waals surface area (Å²) in [5.74, 6) is 0.531. The Kier molecular flexibility index (Phi) is 2.70. The molecular formula is C7H11N3S.